The van der Waals surface area contributed by atoms with E-state index in [0.29, 0.717) is 22.8 Å². The first-order valence-electron chi connectivity index (χ1n) is 10.4. The molecular weight excluding hydrogens is 435 g/mol. The maximum Gasteiger partial charge on any atom is 0.251 e. The fraction of sp³-hybridized carbons (Fsp3) is 0.348. The first-order chi connectivity index (χ1) is 15.5. The molecule has 0 saturated carbocycles. The van der Waals surface area contributed by atoms with Crippen LogP contribution in [0.25, 0.3) is 11.3 Å². The van der Waals surface area contributed by atoms with E-state index in [-0.39, 0.29) is 23.2 Å². The highest BCUT2D eigenvalue weighted by atomic mass is 35.5. The van der Waals surface area contributed by atoms with Crippen molar-refractivity contribution in [3.8, 4) is 11.3 Å². The molecule has 168 valence electrons. The lowest BCUT2D eigenvalue weighted by molar-refractivity contribution is 0.0903. The predicted octanol–water partition coefficient (Wildman–Crippen LogP) is 3.92. The van der Waals surface area contributed by atoms with E-state index >= 15 is 0 Å². The van der Waals surface area contributed by atoms with Crippen molar-refractivity contribution < 1.29 is 13.9 Å². The SMILES string of the molecule is COC[C@H](c1ccc(Cl)c(F)c1)n1ccc(-c2ccnc(NC3CCOCC3)n2)cc1=O. The topological polar surface area (TPSA) is 78.3 Å². The lowest BCUT2D eigenvalue weighted by atomic mass is 10.1. The molecule has 0 spiro atoms. The molecular formula is C23H24ClFN4O3. The van der Waals surface area contributed by atoms with Crippen molar-refractivity contribution in [2.75, 3.05) is 32.2 Å². The Bertz CT molecular complexity index is 1130. The number of nitrogens with zero attached hydrogens (tertiary/aromatic N) is 3. The summed E-state index contributed by atoms with van der Waals surface area (Å²) in [6, 6.07) is 9.33. The molecule has 3 aromatic rings. The minimum absolute atomic E-state index is 0.0292. The molecule has 1 atom stereocenters. The van der Waals surface area contributed by atoms with Gasteiger partial charge in [-0.3, -0.25) is 4.79 Å². The van der Waals surface area contributed by atoms with Crippen molar-refractivity contribution in [1.82, 2.24) is 14.5 Å². The smallest absolute Gasteiger partial charge is 0.251 e. The molecule has 7 nitrogen and oxygen atoms in total. The van der Waals surface area contributed by atoms with E-state index in [2.05, 4.69) is 15.3 Å². The number of nitrogens with one attached hydrogen (secondary N) is 1. The van der Waals surface area contributed by atoms with Gasteiger partial charge in [-0.25, -0.2) is 14.4 Å². The van der Waals surface area contributed by atoms with Crippen LogP contribution in [0.4, 0.5) is 10.3 Å². The number of rotatable bonds is 7. The van der Waals surface area contributed by atoms with Crippen molar-refractivity contribution in [3.63, 3.8) is 0 Å². The molecule has 1 fully saturated rings. The molecule has 0 amide bonds. The summed E-state index contributed by atoms with van der Waals surface area (Å²) < 4.78 is 26.2. The molecule has 1 aliphatic heterocycles. The van der Waals surface area contributed by atoms with Crippen LogP contribution in [0.3, 0.4) is 0 Å². The molecule has 0 bridgehead atoms. The molecule has 9 heteroatoms. The second-order valence-corrected chi connectivity index (χ2v) is 8.01. The quantitative estimate of drug-likeness (QED) is 0.578. The zero-order valence-corrected chi connectivity index (χ0v) is 18.4. The van der Waals surface area contributed by atoms with Crippen LogP contribution in [0.2, 0.25) is 5.02 Å². The highest BCUT2D eigenvalue weighted by Gasteiger charge is 2.18. The van der Waals surface area contributed by atoms with E-state index in [9.17, 15) is 9.18 Å². The third kappa shape index (κ3) is 5.15. The van der Waals surface area contributed by atoms with E-state index in [0.717, 1.165) is 26.1 Å². The van der Waals surface area contributed by atoms with Gasteiger partial charge in [0.25, 0.3) is 5.56 Å². The van der Waals surface area contributed by atoms with Gasteiger partial charge in [0.2, 0.25) is 5.95 Å². The fourth-order valence-corrected chi connectivity index (χ4v) is 3.85. The van der Waals surface area contributed by atoms with Gasteiger partial charge in [0.1, 0.15) is 5.82 Å². The molecule has 1 N–H and O–H groups in total. The molecule has 0 aliphatic carbocycles. The second kappa shape index (κ2) is 10.2. The van der Waals surface area contributed by atoms with Crippen LogP contribution in [-0.2, 0) is 9.47 Å². The molecule has 1 aliphatic rings. The van der Waals surface area contributed by atoms with Crippen molar-refractivity contribution >= 4 is 17.5 Å². The molecule has 0 unspecified atom stereocenters. The van der Waals surface area contributed by atoms with Gasteiger partial charge >= 0.3 is 0 Å². The maximum absolute atomic E-state index is 14.0. The molecule has 0 radical (unpaired) electrons. The van der Waals surface area contributed by atoms with Gasteiger partial charge in [0, 0.05) is 50.4 Å². The van der Waals surface area contributed by atoms with Gasteiger partial charge in [-0.05, 0) is 42.7 Å². The third-order valence-electron chi connectivity index (χ3n) is 5.44. The van der Waals surface area contributed by atoms with Crippen LogP contribution in [0, 0.1) is 5.82 Å². The van der Waals surface area contributed by atoms with E-state index in [1.807, 2.05) is 0 Å². The van der Waals surface area contributed by atoms with Crippen molar-refractivity contribution in [2.24, 2.45) is 0 Å². The average Bonchev–Trinajstić information content (AvgIpc) is 2.80. The number of hydrogen-bond acceptors (Lipinski definition) is 6. The number of pyridine rings is 1. The standard InChI is InChI=1S/C23H24ClFN4O3/c1-31-14-21(16-2-3-18(24)19(25)12-16)29-9-5-15(13-22(29)30)20-4-8-26-23(28-20)27-17-6-10-32-11-7-17/h2-5,8-9,12-13,17,21H,6-7,10-11,14H2,1H3,(H,26,27,28)/t21-/m1/s1. The number of aromatic nitrogens is 3. The number of anilines is 1. The Kier molecular flexibility index (Phi) is 7.14. The van der Waals surface area contributed by atoms with Crippen LogP contribution in [0.5, 0.6) is 0 Å². The van der Waals surface area contributed by atoms with Gasteiger partial charge in [-0.15, -0.1) is 0 Å². The Morgan fingerprint density at radius 3 is 2.81 bits per heavy atom. The molecule has 4 rings (SSSR count). The molecule has 2 aromatic heterocycles. The second-order valence-electron chi connectivity index (χ2n) is 7.60. The average molecular weight is 459 g/mol. The van der Waals surface area contributed by atoms with Crippen LogP contribution < -0.4 is 10.9 Å². The highest BCUT2D eigenvalue weighted by molar-refractivity contribution is 6.30. The van der Waals surface area contributed by atoms with E-state index in [1.54, 1.807) is 30.6 Å². The monoisotopic (exact) mass is 458 g/mol. The first kappa shape index (κ1) is 22.4. The summed E-state index contributed by atoms with van der Waals surface area (Å²) in [4.78, 5) is 21.8. The van der Waals surface area contributed by atoms with E-state index < -0.39 is 11.9 Å². The van der Waals surface area contributed by atoms with Crippen LogP contribution >= 0.6 is 11.6 Å². The molecule has 1 aromatic carbocycles. The minimum atomic E-state index is -0.541. The summed E-state index contributed by atoms with van der Waals surface area (Å²) in [6.45, 7) is 1.64. The Balaban J connectivity index is 1.60. The normalized spacial score (nSPS) is 15.5. The Hall–Kier alpha value is -2.81. The van der Waals surface area contributed by atoms with Gasteiger partial charge < -0.3 is 19.4 Å². The van der Waals surface area contributed by atoms with Crippen molar-refractivity contribution in [3.05, 3.63) is 75.5 Å². The number of hydrogen-bond donors (Lipinski definition) is 1. The molecule has 3 heterocycles. The summed E-state index contributed by atoms with van der Waals surface area (Å²) in [5.41, 5.74) is 1.65. The Labute approximate surface area is 190 Å². The van der Waals surface area contributed by atoms with Crippen LogP contribution in [-0.4, -0.2) is 47.5 Å². The molecule has 1 saturated heterocycles. The van der Waals surface area contributed by atoms with Crippen LogP contribution in [0.1, 0.15) is 24.4 Å². The summed E-state index contributed by atoms with van der Waals surface area (Å²) in [5.74, 6) is -0.0204. The van der Waals surface area contributed by atoms with Crippen molar-refractivity contribution in [1.29, 1.82) is 0 Å². The Morgan fingerprint density at radius 1 is 1.28 bits per heavy atom. The zero-order valence-electron chi connectivity index (χ0n) is 17.6. The maximum atomic E-state index is 14.0. The summed E-state index contributed by atoms with van der Waals surface area (Å²) in [7, 11) is 1.53. The number of methoxy groups -OCH3 is 1. The summed E-state index contributed by atoms with van der Waals surface area (Å²) in [6.07, 6.45) is 5.13. The predicted molar refractivity (Wildman–Crippen MR) is 121 cm³/mol. The third-order valence-corrected chi connectivity index (χ3v) is 5.75. The lowest BCUT2D eigenvalue weighted by Gasteiger charge is -2.23. The minimum Gasteiger partial charge on any atom is -0.382 e. The molecule has 32 heavy (non-hydrogen) atoms. The summed E-state index contributed by atoms with van der Waals surface area (Å²) >= 11 is 5.80. The zero-order chi connectivity index (χ0) is 22.5. The lowest BCUT2D eigenvalue weighted by Crippen LogP contribution is -2.28. The van der Waals surface area contributed by atoms with Gasteiger partial charge in [-0.2, -0.15) is 0 Å². The number of benzene rings is 1. The van der Waals surface area contributed by atoms with Crippen molar-refractivity contribution in [2.45, 2.75) is 24.9 Å². The van der Waals surface area contributed by atoms with Gasteiger partial charge in [-0.1, -0.05) is 17.7 Å². The van der Waals surface area contributed by atoms with Gasteiger partial charge in [0.15, 0.2) is 0 Å². The fourth-order valence-electron chi connectivity index (χ4n) is 3.73. The van der Waals surface area contributed by atoms with Crippen LogP contribution in [0.15, 0.2) is 53.6 Å². The highest BCUT2D eigenvalue weighted by Crippen LogP contribution is 2.24. The van der Waals surface area contributed by atoms with Gasteiger partial charge in [0.05, 0.1) is 23.4 Å². The number of ether oxygens (including phenoxy) is 2. The Morgan fingerprint density at radius 2 is 2.09 bits per heavy atom. The van der Waals surface area contributed by atoms with E-state index in [1.165, 1.54) is 29.9 Å². The van der Waals surface area contributed by atoms with E-state index in [4.69, 9.17) is 21.1 Å². The number of halogens is 2. The first-order valence-corrected chi connectivity index (χ1v) is 10.8. The summed E-state index contributed by atoms with van der Waals surface area (Å²) in [5, 5.41) is 3.36. The largest absolute Gasteiger partial charge is 0.382 e.